The lowest BCUT2D eigenvalue weighted by Crippen LogP contribution is -2.54. The molecule has 0 saturated carbocycles. The van der Waals surface area contributed by atoms with Crippen molar-refractivity contribution in [3.63, 3.8) is 0 Å². The number of rotatable bonds is 5. The molecular weight excluding hydrogens is 366 g/mol. The average molecular weight is 391 g/mol. The Labute approximate surface area is 159 Å². The predicted molar refractivity (Wildman–Crippen MR) is 101 cm³/mol. The molecule has 1 aromatic heterocycles. The minimum absolute atomic E-state index is 0.107. The van der Waals surface area contributed by atoms with Crippen LogP contribution in [0.3, 0.4) is 0 Å². The maximum atomic E-state index is 12.7. The van der Waals surface area contributed by atoms with Gasteiger partial charge in [0.05, 0.1) is 6.20 Å². The van der Waals surface area contributed by atoms with Crippen molar-refractivity contribution in [2.45, 2.75) is 36.2 Å². The number of amides is 1. The van der Waals surface area contributed by atoms with Crippen molar-refractivity contribution >= 4 is 15.9 Å². The lowest BCUT2D eigenvalue weighted by molar-refractivity contribution is -0.127. The summed E-state index contributed by atoms with van der Waals surface area (Å²) in [6, 6.07) is 9.09. The van der Waals surface area contributed by atoms with Crippen LogP contribution in [0.5, 0.6) is 0 Å². The Bertz CT molecular complexity index is 900. The molecule has 1 saturated heterocycles. The van der Waals surface area contributed by atoms with Crippen LogP contribution in [0, 0.1) is 0 Å². The van der Waals surface area contributed by atoms with Gasteiger partial charge in [-0.2, -0.15) is 9.40 Å². The standard InChI is InChI=1S/C18H25N5O3S/c1-18(19,14-6-4-3-5-7-14)17(24)21-15-8-10-23(11-9-15)27(25,26)16-12-20-22(2)13-16/h3-7,12-13,15H,8-11,19H2,1-2H3,(H,21,24). The van der Waals surface area contributed by atoms with E-state index in [4.69, 9.17) is 5.73 Å². The zero-order valence-electron chi connectivity index (χ0n) is 15.5. The van der Waals surface area contributed by atoms with Crippen molar-refractivity contribution in [1.29, 1.82) is 0 Å². The van der Waals surface area contributed by atoms with Crippen molar-refractivity contribution in [2.75, 3.05) is 13.1 Å². The molecule has 3 rings (SSSR count). The molecule has 0 bridgehead atoms. The van der Waals surface area contributed by atoms with E-state index in [1.54, 1.807) is 14.0 Å². The molecule has 9 heteroatoms. The number of aryl methyl sites for hydroxylation is 1. The molecule has 2 aromatic rings. The summed E-state index contributed by atoms with van der Waals surface area (Å²) < 4.78 is 28.2. The molecule has 146 valence electrons. The summed E-state index contributed by atoms with van der Waals surface area (Å²) >= 11 is 0. The number of nitrogens with two attached hydrogens (primary N) is 1. The quantitative estimate of drug-likeness (QED) is 0.774. The first-order valence-electron chi connectivity index (χ1n) is 8.85. The third-order valence-corrected chi connectivity index (χ3v) is 6.80. The van der Waals surface area contributed by atoms with Crippen LogP contribution in [-0.2, 0) is 27.4 Å². The van der Waals surface area contributed by atoms with Crippen LogP contribution in [0.25, 0.3) is 0 Å². The number of benzene rings is 1. The molecule has 3 N–H and O–H groups in total. The summed E-state index contributed by atoms with van der Waals surface area (Å²) in [4.78, 5) is 12.8. The third kappa shape index (κ3) is 4.05. The van der Waals surface area contributed by atoms with Gasteiger partial charge >= 0.3 is 0 Å². The highest BCUT2D eigenvalue weighted by Crippen LogP contribution is 2.22. The van der Waals surface area contributed by atoms with E-state index in [-0.39, 0.29) is 16.8 Å². The van der Waals surface area contributed by atoms with E-state index < -0.39 is 15.6 Å². The first kappa shape index (κ1) is 19.5. The molecule has 2 heterocycles. The van der Waals surface area contributed by atoms with Gasteiger partial charge in [0.15, 0.2) is 0 Å². The minimum atomic E-state index is -3.55. The Balaban J connectivity index is 1.60. The molecule has 0 spiro atoms. The van der Waals surface area contributed by atoms with Gasteiger partial charge in [-0.3, -0.25) is 9.48 Å². The molecule has 1 fully saturated rings. The predicted octanol–water partition coefficient (Wildman–Crippen LogP) is 0.564. The molecule has 1 aromatic carbocycles. The van der Waals surface area contributed by atoms with E-state index in [2.05, 4.69) is 10.4 Å². The number of hydrogen-bond donors (Lipinski definition) is 2. The van der Waals surface area contributed by atoms with Crippen molar-refractivity contribution in [3.8, 4) is 0 Å². The van der Waals surface area contributed by atoms with Gasteiger partial charge in [-0.15, -0.1) is 0 Å². The Morgan fingerprint density at radius 2 is 1.89 bits per heavy atom. The van der Waals surface area contributed by atoms with Gasteiger partial charge < -0.3 is 11.1 Å². The molecule has 8 nitrogen and oxygen atoms in total. The van der Waals surface area contributed by atoms with Crippen LogP contribution in [0.1, 0.15) is 25.3 Å². The summed E-state index contributed by atoms with van der Waals surface area (Å²) in [7, 11) is -1.87. The Kier molecular flexibility index (Phi) is 5.36. The zero-order chi connectivity index (χ0) is 19.7. The Morgan fingerprint density at radius 1 is 1.26 bits per heavy atom. The summed E-state index contributed by atoms with van der Waals surface area (Å²) in [6.45, 7) is 2.36. The minimum Gasteiger partial charge on any atom is -0.351 e. The number of hydrogen-bond acceptors (Lipinski definition) is 5. The number of aromatic nitrogens is 2. The fourth-order valence-electron chi connectivity index (χ4n) is 3.17. The fourth-order valence-corrected chi connectivity index (χ4v) is 4.63. The van der Waals surface area contributed by atoms with E-state index >= 15 is 0 Å². The molecule has 1 unspecified atom stereocenters. The second-order valence-corrected chi connectivity index (χ2v) is 9.01. The van der Waals surface area contributed by atoms with Gasteiger partial charge in [0.1, 0.15) is 10.4 Å². The monoisotopic (exact) mass is 391 g/mol. The second-order valence-electron chi connectivity index (χ2n) is 7.07. The molecular formula is C18H25N5O3S. The normalized spacial score (nSPS) is 18.8. The first-order chi connectivity index (χ1) is 12.7. The summed E-state index contributed by atoms with van der Waals surface area (Å²) in [5.74, 6) is -0.262. The van der Waals surface area contributed by atoms with Crippen LogP contribution in [0.4, 0.5) is 0 Å². The van der Waals surface area contributed by atoms with E-state index in [1.165, 1.54) is 21.4 Å². The lowest BCUT2D eigenvalue weighted by atomic mass is 9.91. The van der Waals surface area contributed by atoms with Gasteiger partial charge in [-0.25, -0.2) is 8.42 Å². The van der Waals surface area contributed by atoms with E-state index in [9.17, 15) is 13.2 Å². The number of carbonyl (C=O) groups excluding carboxylic acids is 1. The highest BCUT2D eigenvalue weighted by Gasteiger charge is 2.35. The zero-order valence-corrected chi connectivity index (χ0v) is 16.3. The molecule has 27 heavy (non-hydrogen) atoms. The second kappa shape index (κ2) is 7.41. The molecule has 1 amide bonds. The van der Waals surface area contributed by atoms with Crippen molar-refractivity contribution in [3.05, 3.63) is 48.3 Å². The summed E-state index contributed by atoms with van der Waals surface area (Å²) in [5.41, 5.74) is 5.84. The molecule has 1 aliphatic rings. The van der Waals surface area contributed by atoms with Crippen molar-refractivity contribution in [1.82, 2.24) is 19.4 Å². The highest BCUT2D eigenvalue weighted by molar-refractivity contribution is 7.89. The molecule has 0 radical (unpaired) electrons. The highest BCUT2D eigenvalue weighted by atomic mass is 32.2. The number of piperidine rings is 1. The molecule has 1 aliphatic heterocycles. The maximum Gasteiger partial charge on any atom is 0.246 e. The van der Waals surface area contributed by atoms with Gasteiger partial charge in [0, 0.05) is 32.4 Å². The maximum absolute atomic E-state index is 12.7. The van der Waals surface area contributed by atoms with Crippen LogP contribution in [-0.4, -0.2) is 47.5 Å². The van der Waals surface area contributed by atoms with Gasteiger partial charge in [0.2, 0.25) is 15.9 Å². The van der Waals surface area contributed by atoms with Gasteiger partial charge in [0.25, 0.3) is 0 Å². The topological polar surface area (TPSA) is 110 Å². The van der Waals surface area contributed by atoms with Crippen LogP contribution >= 0.6 is 0 Å². The molecule has 0 aliphatic carbocycles. The Morgan fingerprint density at radius 3 is 2.44 bits per heavy atom. The van der Waals surface area contributed by atoms with E-state index in [0.717, 1.165) is 5.56 Å². The number of sulfonamides is 1. The Hall–Kier alpha value is -2.23. The van der Waals surface area contributed by atoms with Crippen LogP contribution in [0.15, 0.2) is 47.6 Å². The van der Waals surface area contributed by atoms with Crippen LogP contribution in [0.2, 0.25) is 0 Å². The number of nitrogens with zero attached hydrogens (tertiary/aromatic N) is 3. The van der Waals surface area contributed by atoms with Crippen LogP contribution < -0.4 is 11.1 Å². The fraction of sp³-hybridized carbons (Fsp3) is 0.444. The largest absolute Gasteiger partial charge is 0.351 e. The smallest absolute Gasteiger partial charge is 0.246 e. The first-order valence-corrected chi connectivity index (χ1v) is 10.3. The average Bonchev–Trinajstić information content (AvgIpc) is 3.10. The summed E-state index contributed by atoms with van der Waals surface area (Å²) in [5, 5.41) is 6.90. The summed E-state index contributed by atoms with van der Waals surface area (Å²) in [6.07, 6.45) is 3.91. The van der Waals surface area contributed by atoms with E-state index in [1.807, 2.05) is 30.3 Å². The number of carbonyl (C=O) groups is 1. The van der Waals surface area contributed by atoms with Crippen molar-refractivity contribution < 1.29 is 13.2 Å². The SMILES string of the molecule is Cn1cc(S(=O)(=O)N2CCC(NC(=O)C(C)(N)c3ccccc3)CC2)cn1. The van der Waals surface area contributed by atoms with Gasteiger partial charge in [-0.1, -0.05) is 30.3 Å². The lowest BCUT2D eigenvalue weighted by Gasteiger charge is -2.33. The number of nitrogens with one attached hydrogen (secondary N) is 1. The van der Waals surface area contributed by atoms with Crippen molar-refractivity contribution in [2.24, 2.45) is 12.8 Å². The van der Waals surface area contributed by atoms with Gasteiger partial charge in [-0.05, 0) is 25.3 Å². The molecule has 1 atom stereocenters. The van der Waals surface area contributed by atoms with E-state index in [0.29, 0.717) is 25.9 Å². The third-order valence-electron chi connectivity index (χ3n) is 4.95.